The monoisotopic (exact) mass is 766 g/mol. The van der Waals surface area contributed by atoms with E-state index in [1.54, 1.807) is 0 Å². The number of benzene rings is 9. The number of rotatable bonds is 2. The average Bonchev–Trinajstić information content (AvgIpc) is 3.93. The van der Waals surface area contributed by atoms with Gasteiger partial charge in [0, 0.05) is 63.8 Å². The zero-order chi connectivity index (χ0) is 38.3. The number of hydrogen-bond acceptors (Lipinski definition) is 3. The summed E-state index contributed by atoms with van der Waals surface area (Å²) in [6, 6.07) is 66.3. The summed E-state index contributed by atoms with van der Waals surface area (Å²) < 4.78 is 7.40. The van der Waals surface area contributed by atoms with E-state index in [-0.39, 0.29) is 0 Å². The van der Waals surface area contributed by atoms with Crippen LogP contribution < -0.4 is 0 Å². The Morgan fingerprint density at radius 2 is 1.08 bits per heavy atom. The molecule has 4 nitrogen and oxygen atoms in total. The molecule has 14 rings (SSSR count). The van der Waals surface area contributed by atoms with Gasteiger partial charge in [-0.25, -0.2) is 9.97 Å². The molecular formula is C54H30N4S. The van der Waals surface area contributed by atoms with Crippen LogP contribution in [-0.4, -0.2) is 19.1 Å². The molecule has 4 aromatic heterocycles. The van der Waals surface area contributed by atoms with Crippen molar-refractivity contribution in [1.29, 1.82) is 0 Å². The molecule has 0 spiro atoms. The Hall–Kier alpha value is -7.60. The van der Waals surface area contributed by atoms with Gasteiger partial charge in [-0.05, 0) is 52.9 Å². The third-order valence-electron chi connectivity index (χ3n) is 12.6. The van der Waals surface area contributed by atoms with E-state index in [0.717, 1.165) is 49.9 Å². The summed E-state index contributed by atoms with van der Waals surface area (Å²) in [6.45, 7) is 0. The lowest BCUT2D eigenvalue weighted by Gasteiger charge is -2.16. The summed E-state index contributed by atoms with van der Waals surface area (Å²) in [5.41, 5.74) is 14.5. The molecular weight excluding hydrogens is 737 g/mol. The van der Waals surface area contributed by atoms with Crippen LogP contribution in [-0.2, 0) is 0 Å². The number of nitrogens with zero attached hydrogens (tertiary/aromatic N) is 4. The van der Waals surface area contributed by atoms with E-state index in [4.69, 9.17) is 9.97 Å². The molecule has 5 heteroatoms. The van der Waals surface area contributed by atoms with E-state index < -0.39 is 0 Å². The first-order valence-corrected chi connectivity index (χ1v) is 20.9. The second-order valence-electron chi connectivity index (χ2n) is 15.6. The highest BCUT2D eigenvalue weighted by molar-refractivity contribution is 7.26. The summed E-state index contributed by atoms with van der Waals surface area (Å²) in [5, 5.41) is 9.59. The second-order valence-corrected chi connectivity index (χ2v) is 16.7. The van der Waals surface area contributed by atoms with Crippen LogP contribution in [0.1, 0.15) is 0 Å². The normalized spacial score (nSPS) is 12.4. The molecule has 0 atom stereocenters. The van der Waals surface area contributed by atoms with Crippen molar-refractivity contribution in [3.05, 3.63) is 182 Å². The SMILES string of the molecule is c1ccc2c(c1)-c1ccccc1-n1c3ccccc3c3cc4c(c-2c31)c1ccccc1n4-c1nc2ccc3ccccc3c2nc1-c1cccc2c1sc1ccccc12. The minimum absolute atomic E-state index is 0.824. The Bertz CT molecular complexity index is 3980. The van der Waals surface area contributed by atoms with E-state index in [2.05, 4.69) is 191 Å². The topological polar surface area (TPSA) is 35.6 Å². The zero-order valence-electron chi connectivity index (χ0n) is 31.5. The molecule has 0 unspecified atom stereocenters. The first-order valence-electron chi connectivity index (χ1n) is 20.1. The van der Waals surface area contributed by atoms with Crippen LogP contribution >= 0.6 is 11.3 Å². The van der Waals surface area contributed by atoms with E-state index in [0.29, 0.717) is 0 Å². The molecule has 272 valence electrons. The molecule has 0 aliphatic carbocycles. The number of aromatic nitrogens is 4. The van der Waals surface area contributed by atoms with Crippen LogP contribution in [0.15, 0.2) is 182 Å². The number of fused-ring (bicyclic) bond motifs is 18. The third kappa shape index (κ3) is 4.11. The van der Waals surface area contributed by atoms with Gasteiger partial charge in [-0.1, -0.05) is 146 Å². The molecule has 0 saturated heterocycles. The fourth-order valence-electron chi connectivity index (χ4n) is 10.2. The first kappa shape index (κ1) is 31.5. The Morgan fingerprint density at radius 3 is 1.97 bits per heavy atom. The van der Waals surface area contributed by atoms with Gasteiger partial charge in [0.2, 0.25) is 0 Å². The largest absolute Gasteiger partial charge is 0.308 e. The van der Waals surface area contributed by atoms with Gasteiger partial charge < -0.3 is 4.57 Å². The molecule has 0 saturated carbocycles. The highest BCUT2D eigenvalue weighted by Gasteiger charge is 2.30. The molecule has 13 aromatic rings. The minimum atomic E-state index is 0.824. The molecule has 0 bridgehead atoms. The minimum Gasteiger partial charge on any atom is -0.308 e. The fraction of sp³-hybridized carbons (Fsp3) is 0. The van der Waals surface area contributed by atoms with Gasteiger partial charge in [0.1, 0.15) is 5.69 Å². The molecule has 0 amide bonds. The lowest BCUT2D eigenvalue weighted by molar-refractivity contribution is 1.08. The fourth-order valence-corrected chi connectivity index (χ4v) is 11.4. The summed E-state index contributed by atoms with van der Waals surface area (Å²) in [6.07, 6.45) is 0. The average molecular weight is 767 g/mol. The van der Waals surface area contributed by atoms with Crippen molar-refractivity contribution in [2.45, 2.75) is 0 Å². The van der Waals surface area contributed by atoms with E-state index in [1.807, 2.05) is 11.3 Å². The van der Waals surface area contributed by atoms with Crippen molar-refractivity contribution in [2.75, 3.05) is 0 Å². The van der Waals surface area contributed by atoms with Crippen molar-refractivity contribution < 1.29 is 0 Å². The van der Waals surface area contributed by atoms with Crippen molar-refractivity contribution in [1.82, 2.24) is 19.1 Å². The van der Waals surface area contributed by atoms with Crippen molar-refractivity contribution in [2.24, 2.45) is 0 Å². The molecule has 1 aliphatic rings. The van der Waals surface area contributed by atoms with Gasteiger partial charge in [-0.3, -0.25) is 4.57 Å². The summed E-state index contributed by atoms with van der Waals surface area (Å²) in [7, 11) is 0. The van der Waals surface area contributed by atoms with Crippen LogP contribution in [0.2, 0.25) is 0 Å². The summed E-state index contributed by atoms with van der Waals surface area (Å²) in [4.78, 5) is 11.4. The van der Waals surface area contributed by atoms with Crippen LogP contribution in [0.3, 0.4) is 0 Å². The van der Waals surface area contributed by atoms with Crippen LogP contribution in [0.25, 0.3) is 131 Å². The molecule has 0 radical (unpaired) electrons. The van der Waals surface area contributed by atoms with Gasteiger partial charge in [-0.2, -0.15) is 0 Å². The summed E-state index contributed by atoms with van der Waals surface area (Å²) in [5.74, 6) is 0.824. The van der Waals surface area contributed by atoms with E-state index >= 15 is 0 Å². The molecule has 0 N–H and O–H groups in total. The maximum atomic E-state index is 5.73. The van der Waals surface area contributed by atoms with E-state index in [9.17, 15) is 0 Å². The predicted molar refractivity (Wildman–Crippen MR) is 248 cm³/mol. The smallest absolute Gasteiger partial charge is 0.165 e. The third-order valence-corrected chi connectivity index (χ3v) is 13.9. The van der Waals surface area contributed by atoms with Crippen LogP contribution in [0.4, 0.5) is 0 Å². The zero-order valence-corrected chi connectivity index (χ0v) is 32.3. The molecule has 59 heavy (non-hydrogen) atoms. The first-order chi connectivity index (χ1) is 29.3. The quantitative estimate of drug-likeness (QED) is 0.164. The van der Waals surface area contributed by atoms with Gasteiger partial charge in [0.15, 0.2) is 5.82 Å². The highest BCUT2D eigenvalue weighted by Crippen LogP contribution is 2.52. The van der Waals surface area contributed by atoms with Crippen molar-refractivity contribution in [3.63, 3.8) is 0 Å². The lowest BCUT2D eigenvalue weighted by Crippen LogP contribution is -2.04. The Labute approximate surface area is 341 Å². The standard InChI is InChI=1S/C54H30N4S/c1-2-15-32-31(14-1)28-29-42-50(32)56-51(40-23-13-22-38-36-19-8-12-27-47(36)59-53(38)40)54(55-42)58-45-26-11-7-21-39(45)48-46(58)30-41-35-18-6-10-25-44(35)57-43-24-9-5-17-34(43)33-16-3-4-20-37(33)49(48)52(41)57/h1-30H. The van der Waals surface area contributed by atoms with Gasteiger partial charge in [0.05, 0.1) is 38.8 Å². The number of thiophene rings is 1. The van der Waals surface area contributed by atoms with Crippen LogP contribution in [0, 0.1) is 0 Å². The van der Waals surface area contributed by atoms with Crippen LogP contribution in [0.5, 0.6) is 0 Å². The maximum absolute atomic E-state index is 5.73. The Morgan fingerprint density at radius 1 is 0.424 bits per heavy atom. The molecule has 5 heterocycles. The molecule has 9 aromatic carbocycles. The van der Waals surface area contributed by atoms with Gasteiger partial charge in [0.25, 0.3) is 0 Å². The predicted octanol–water partition coefficient (Wildman–Crippen LogP) is 14.7. The van der Waals surface area contributed by atoms with Gasteiger partial charge >= 0.3 is 0 Å². The second kappa shape index (κ2) is 11.5. The lowest BCUT2D eigenvalue weighted by atomic mass is 9.91. The van der Waals surface area contributed by atoms with Crippen molar-refractivity contribution in [3.8, 4) is 45.0 Å². The Balaban J connectivity index is 1.21. The van der Waals surface area contributed by atoms with E-state index in [1.165, 1.54) is 80.7 Å². The Kier molecular flexibility index (Phi) is 6.14. The molecule has 0 fully saturated rings. The molecule has 1 aliphatic heterocycles. The number of hydrogen-bond donors (Lipinski definition) is 0. The highest BCUT2D eigenvalue weighted by atomic mass is 32.1. The maximum Gasteiger partial charge on any atom is 0.165 e. The van der Waals surface area contributed by atoms with Crippen molar-refractivity contribution >= 4 is 96.9 Å². The summed E-state index contributed by atoms with van der Waals surface area (Å²) >= 11 is 1.83. The van der Waals surface area contributed by atoms with Gasteiger partial charge in [-0.15, -0.1) is 11.3 Å². The number of para-hydroxylation sites is 3.